The molecule has 3 aromatic rings. The van der Waals surface area contributed by atoms with Gasteiger partial charge in [0.1, 0.15) is 11.8 Å². The monoisotopic (exact) mass is 394 g/mol. The van der Waals surface area contributed by atoms with Gasteiger partial charge in [-0.15, -0.1) is 0 Å². The lowest BCUT2D eigenvalue weighted by Crippen LogP contribution is -2.04. The molecule has 0 aliphatic heterocycles. The van der Waals surface area contributed by atoms with Crippen LogP contribution < -0.4 is 15.8 Å². The molecule has 0 spiro atoms. The van der Waals surface area contributed by atoms with E-state index in [0.29, 0.717) is 40.7 Å². The number of aryl methyl sites for hydroxylation is 2. The molecule has 0 aliphatic rings. The Hall–Kier alpha value is -2.97. The number of halogens is 1. The highest BCUT2D eigenvalue weighted by molar-refractivity contribution is 6.31. The summed E-state index contributed by atoms with van der Waals surface area (Å²) in [4.78, 5) is 4.67. The van der Waals surface area contributed by atoms with E-state index in [1.807, 2.05) is 38.1 Å². The van der Waals surface area contributed by atoms with E-state index in [9.17, 15) is 5.26 Å². The number of rotatable bonds is 6. The smallest absolute Gasteiger partial charge is 0.144 e. The van der Waals surface area contributed by atoms with Gasteiger partial charge >= 0.3 is 0 Å². The Morgan fingerprint density at radius 3 is 2.57 bits per heavy atom. The molecular weight excluding hydrogens is 372 g/mol. The molecule has 3 rings (SSSR count). The first-order valence-corrected chi connectivity index (χ1v) is 9.74. The summed E-state index contributed by atoms with van der Waals surface area (Å²) in [6.45, 7) is 6.46. The van der Waals surface area contributed by atoms with Crippen LogP contribution in [0.2, 0.25) is 5.02 Å². The van der Waals surface area contributed by atoms with Gasteiger partial charge in [0, 0.05) is 22.2 Å². The predicted octanol–water partition coefficient (Wildman–Crippen LogP) is 5.61. The summed E-state index contributed by atoms with van der Waals surface area (Å²) in [5.74, 6) is 0.593. The SMILES string of the molecule is CCOc1cc2nc(CC)c(C#N)c(Nc3ccc(CC)c(Cl)c3)c2cc1N. The highest BCUT2D eigenvalue weighted by Gasteiger charge is 2.17. The zero-order valence-corrected chi connectivity index (χ0v) is 17.0. The number of fused-ring (bicyclic) bond motifs is 1. The first kappa shape index (κ1) is 19.8. The third-order valence-electron chi connectivity index (χ3n) is 4.64. The van der Waals surface area contributed by atoms with Crippen molar-refractivity contribution in [2.24, 2.45) is 0 Å². The molecule has 1 aromatic heterocycles. The minimum Gasteiger partial charge on any atom is -0.492 e. The molecule has 3 N–H and O–H groups in total. The van der Waals surface area contributed by atoms with E-state index in [4.69, 9.17) is 22.1 Å². The van der Waals surface area contributed by atoms with Crippen molar-refractivity contribution in [3.63, 3.8) is 0 Å². The summed E-state index contributed by atoms with van der Waals surface area (Å²) in [6, 6.07) is 11.7. The number of pyridine rings is 1. The van der Waals surface area contributed by atoms with Gasteiger partial charge in [-0.3, -0.25) is 4.98 Å². The normalized spacial score (nSPS) is 10.7. The van der Waals surface area contributed by atoms with E-state index in [-0.39, 0.29) is 0 Å². The minimum atomic E-state index is 0.506. The van der Waals surface area contributed by atoms with Crippen LogP contribution in [0.1, 0.15) is 37.6 Å². The Balaban J connectivity index is 2.22. The van der Waals surface area contributed by atoms with Crippen molar-refractivity contribution in [3.8, 4) is 11.8 Å². The number of anilines is 3. The molecule has 2 aromatic carbocycles. The summed E-state index contributed by atoms with van der Waals surface area (Å²) in [5.41, 5.74) is 11.2. The van der Waals surface area contributed by atoms with Crippen molar-refractivity contribution in [3.05, 3.63) is 52.2 Å². The van der Waals surface area contributed by atoms with E-state index in [1.54, 1.807) is 6.07 Å². The maximum Gasteiger partial charge on any atom is 0.144 e. The number of nitrogens with one attached hydrogen (secondary N) is 1. The van der Waals surface area contributed by atoms with E-state index < -0.39 is 0 Å². The van der Waals surface area contributed by atoms with Gasteiger partial charge in [-0.2, -0.15) is 5.26 Å². The lowest BCUT2D eigenvalue weighted by Gasteiger charge is -2.17. The molecule has 28 heavy (non-hydrogen) atoms. The molecule has 0 unspecified atom stereocenters. The maximum atomic E-state index is 9.80. The van der Waals surface area contributed by atoms with E-state index in [2.05, 4.69) is 23.3 Å². The van der Waals surface area contributed by atoms with Crippen molar-refractivity contribution in [2.75, 3.05) is 17.7 Å². The molecule has 0 saturated heterocycles. The number of benzene rings is 2. The van der Waals surface area contributed by atoms with E-state index >= 15 is 0 Å². The fourth-order valence-electron chi connectivity index (χ4n) is 3.20. The van der Waals surface area contributed by atoms with Crippen LogP contribution >= 0.6 is 11.6 Å². The molecular formula is C22H23ClN4O. The lowest BCUT2D eigenvalue weighted by molar-refractivity contribution is 0.342. The molecule has 1 heterocycles. The average molecular weight is 395 g/mol. The number of aromatic nitrogens is 1. The number of nitrogens with two attached hydrogens (primary N) is 1. The van der Waals surface area contributed by atoms with Crippen molar-refractivity contribution >= 4 is 39.6 Å². The van der Waals surface area contributed by atoms with E-state index in [1.165, 1.54) is 0 Å². The predicted molar refractivity (Wildman–Crippen MR) is 116 cm³/mol. The van der Waals surface area contributed by atoms with Crippen LogP contribution in [0.3, 0.4) is 0 Å². The first-order chi connectivity index (χ1) is 13.5. The molecule has 0 atom stereocenters. The van der Waals surface area contributed by atoms with Gasteiger partial charge in [0.05, 0.1) is 34.8 Å². The zero-order valence-electron chi connectivity index (χ0n) is 16.3. The number of nitrogens with zero attached hydrogens (tertiary/aromatic N) is 2. The molecule has 0 radical (unpaired) electrons. The van der Waals surface area contributed by atoms with Gasteiger partial charge in [-0.05, 0) is 43.5 Å². The minimum absolute atomic E-state index is 0.506. The average Bonchev–Trinajstić information content (AvgIpc) is 2.69. The Morgan fingerprint density at radius 2 is 1.96 bits per heavy atom. The Bertz CT molecular complexity index is 1070. The number of ether oxygens (including phenoxy) is 1. The van der Waals surface area contributed by atoms with Crippen LogP contribution in [-0.4, -0.2) is 11.6 Å². The molecule has 0 aliphatic carbocycles. The second-order valence-corrected chi connectivity index (χ2v) is 6.81. The zero-order chi connectivity index (χ0) is 20.3. The number of nitriles is 1. The number of hydrogen-bond acceptors (Lipinski definition) is 5. The van der Waals surface area contributed by atoms with Gasteiger partial charge in [0.15, 0.2) is 0 Å². The van der Waals surface area contributed by atoms with Crippen LogP contribution in [0, 0.1) is 11.3 Å². The standard InChI is InChI=1S/C22H23ClN4O/c1-4-13-7-8-14(9-17(13)23)26-22-15-10-18(25)21(28-6-3)11-20(15)27-19(5-2)16(22)12-24/h7-11H,4-6,25H2,1-3H3,(H,26,27). The third-order valence-corrected chi connectivity index (χ3v) is 4.99. The topological polar surface area (TPSA) is 84.0 Å². The molecule has 0 bridgehead atoms. The highest BCUT2D eigenvalue weighted by atomic mass is 35.5. The Labute approximate surface area is 170 Å². The maximum absolute atomic E-state index is 9.80. The second-order valence-electron chi connectivity index (χ2n) is 6.40. The first-order valence-electron chi connectivity index (χ1n) is 9.36. The quantitative estimate of drug-likeness (QED) is 0.531. The summed E-state index contributed by atoms with van der Waals surface area (Å²) >= 11 is 6.37. The molecule has 0 fully saturated rings. The largest absolute Gasteiger partial charge is 0.492 e. The van der Waals surface area contributed by atoms with Crippen molar-refractivity contribution in [2.45, 2.75) is 33.6 Å². The number of hydrogen-bond donors (Lipinski definition) is 2. The van der Waals surface area contributed by atoms with Crippen LogP contribution in [0.25, 0.3) is 10.9 Å². The van der Waals surface area contributed by atoms with Gasteiger partial charge in [-0.1, -0.05) is 31.5 Å². The van der Waals surface area contributed by atoms with Gasteiger partial charge in [-0.25, -0.2) is 0 Å². The summed E-state index contributed by atoms with van der Waals surface area (Å²) in [6.07, 6.45) is 1.49. The highest BCUT2D eigenvalue weighted by Crippen LogP contribution is 2.36. The van der Waals surface area contributed by atoms with Crippen LogP contribution in [0.4, 0.5) is 17.1 Å². The number of nitrogen functional groups attached to an aromatic ring is 1. The Morgan fingerprint density at radius 1 is 1.18 bits per heavy atom. The summed E-state index contributed by atoms with van der Waals surface area (Å²) < 4.78 is 5.61. The molecule has 5 nitrogen and oxygen atoms in total. The molecule has 0 amide bonds. The molecule has 6 heteroatoms. The van der Waals surface area contributed by atoms with Crippen molar-refractivity contribution < 1.29 is 4.74 Å². The lowest BCUT2D eigenvalue weighted by atomic mass is 10.0. The third kappa shape index (κ3) is 3.69. The van der Waals surface area contributed by atoms with E-state index in [0.717, 1.165) is 34.3 Å². The van der Waals surface area contributed by atoms with Gasteiger partial charge in [0.25, 0.3) is 0 Å². The van der Waals surface area contributed by atoms with Crippen LogP contribution in [-0.2, 0) is 12.8 Å². The van der Waals surface area contributed by atoms with Crippen molar-refractivity contribution in [1.29, 1.82) is 5.26 Å². The van der Waals surface area contributed by atoms with Crippen molar-refractivity contribution in [1.82, 2.24) is 4.98 Å². The molecule has 0 saturated carbocycles. The summed E-state index contributed by atoms with van der Waals surface area (Å²) in [7, 11) is 0. The second kappa shape index (κ2) is 8.37. The van der Waals surface area contributed by atoms with Gasteiger partial charge < -0.3 is 15.8 Å². The molecule has 144 valence electrons. The fraction of sp³-hybridized carbons (Fsp3) is 0.273. The summed E-state index contributed by atoms with van der Waals surface area (Å²) in [5, 5.41) is 14.6. The fourth-order valence-corrected chi connectivity index (χ4v) is 3.52. The van der Waals surface area contributed by atoms with Gasteiger partial charge in [0.2, 0.25) is 0 Å². The van der Waals surface area contributed by atoms with Crippen LogP contribution in [0.15, 0.2) is 30.3 Å². The Kier molecular flexibility index (Phi) is 5.91. The van der Waals surface area contributed by atoms with Crippen LogP contribution in [0.5, 0.6) is 5.75 Å².